The zero-order chi connectivity index (χ0) is 9.10. The van der Waals surface area contributed by atoms with E-state index in [9.17, 15) is 0 Å². The van der Waals surface area contributed by atoms with E-state index in [0.29, 0.717) is 5.92 Å². The van der Waals surface area contributed by atoms with Crippen LogP contribution in [0.2, 0.25) is 0 Å². The van der Waals surface area contributed by atoms with Gasteiger partial charge in [-0.2, -0.15) is 11.8 Å². The third-order valence-corrected chi connectivity index (χ3v) is 3.30. The molecule has 1 atom stereocenters. The predicted octanol–water partition coefficient (Wildman–Crippen LogP) is 2.24. The summed E-state index contributed by atoms with van der Waals surface area (Å²) in [5, 5.41) is 3.46. The molecule has 0 radical (unpaired) electrons. The van der Waals surface area contributed by atoms with Gasteiger partial charge in [0.25, 0.3) is 0 Å². The van der Waals surface area contributed by atoms with Gasteiger partial charge in [0.05, 0.1) is 0 Å². The minimum absolute atomic E-state index is 0.708. The normalized spacial score (nSPS) is 21.2. The monoisotopic (exact) mass is 193 g/mol. The largest absolute Gasteiger partial charge is 0.312 e. The van der Waals surface area contributed by atoms with Gasteiger partial charge in [-0.15, -0.1) is 0 Å². The lowest BCUT2D eigenvalue weighted by Gasteiger charge is -2.25. The van der Waals surface area contributed by atoms with Gasteiger partial charge in [-0.3, -0.25) is 0 Å². The van der Waals surface area contributed by atoms with E-state index in [4.69, 9.17) is 0 Å². The molecule has 0 saturated heterocycles. The summed E-state index contributed by atoms with van der Waals surface area (Å²) in [6.45, 7) is 2.18. The first-order chi connectivity index (χ1) is 6.42. The highest BCUT2D eigenvalue weighted by molar-refractivity contribution is 7.98. The quantitative estimate of drug-likeness (QED) is 0.773. The van der Waals surface area contributed by atoms with Crippen LogP contribution in [0.5, 0.6) is 0 Å². The van der Waals surface area contributed by atoms with Gasteiger partial charge in [0.2, 0.25) is 0 Å². The van der Waals surface area contributed by atoms with Crippen LogP contribution in [0.3, 0.4) is 0 Å². The fourth-order valence-corrected chi connectivity index (χ4v) is 2.63. The molecule has 13 heavy (non-hydrogen) atoms. The molecule has 1 aromatic carbocycles. The SMILES string of the molecule is CSCC1CNCc2ccccc21. The zero-order valence-corrected chi connectivity index (χ0v) is 8.73. The van der Waals surface area contributed by atoms with Crippen molar-refractivity contribution in [2.24, 2.45) is 0 Å². The molecule has 1 N–H and O–H groups in total. The van der Waals surface area contributed by atoms with Crippen LogP contribution in [0, 0.1) is 0 Å². The number of fused-ring (bicyclic) bond motifs is 1. The van der Waals surface area contributed by atoms with Crippen LogP contribution in [0.15, 0.2) is 24.3 Å². The van der Waals surface area contributed by atoms with Gasteiger partial charge in [-0.25, -0.2) is 0 Å². The van der Waals surface area contributed by atoms with Crippen LogP contribution < -0.4 is 5.32 Å². The van der Waals surface area contributed by atoms with Crippen LogP contribution in [-0.2, 0) is 6.54 Å². The third-order valence-electron chi connectivity index (χ3n) is 2.57. The molecule has 1 aromatic rings. The molecule has 2 rings (SSSR count). The lowest BCUT2D eigenvalue weighted by molar-refractivity contribution is 0.576. The van der Waals surface area contributed by atoms with Crippen LogP contribution >= 0.6 is 11.8 Å². The van der Waals surface area contributed by atoms with E-state index in [1.165, 1.54) is 11.3 Å². The number of nitrogens with one attached hydrogen (secondary N) is 1. The summed E-state index contributed by atoms with van der Waals surface area (Å²) in [6.07, 6.45) is 2.18. The van der Waals surface area contributed by atoms with E-state index < -0.39 is 0 Å². The molecule has 0 fully saturated rings. The second-order valence-electron chi connectivity index (χ2n) is 3.48. The highest BCUT2D eigenvalue weighted by Gasteiger charge is 2.18. The van der Waals surface area contributed by atoms with Crippen LogP contribution in [-0.4, -0.2) is 18.6 Å². The van der Waals surface area contributed by atoms with Gasteiger partial charge >= 0.3 is 0 Å². The molecule has 1 nitrogen and oxygen atoms in total. The van der Waals surface area contributed by atoms with E-state index in [0.717, 1.165) is 13.1 Å². The fourth-order valence-electron chi connectivity index (χ4n) is 1.93. The number of rotatable bonds is 2. The molecular weight excluding hydrogens is 178 g/mol. The number of hydrogen-bond acceptors (Lipinski definition) is 2. The van der Waals surface area contributed by atoms with E-state index in [-0.39, 0.29) is 0 Å². The number of benzene rings is 1. The minimum atomic E-state index is 0.708. The summed E-state index contributed by atoms with van der Waals surface area (Å²) >= 11 is 1.93. The Bertz CT molecular complexity index is 285. The Kier molecular flexibility index (Phi) is 2.91. The second-order valence-corrected chi connectivity index (χ2v) is 4.39. The molecule has 0 aromatic heterocycles. The van der Waals surface area contributed by atoms with Gasteiger partial charge in [0.1, 0.15) is 0 Å². The van der Waals surface area contributed by atoms with Crippen molar-refractivity contribution in [1.29, 1.82) is 0 Å². The average molecular weight is 193 g/mol. The van der Waals surface area contributed by atoms with E-state index in [1.54, 1.807) is 5.56 Å². The van der Waals surface area contributed by atoms with Crippen molar-refractivity contribution in [3.63, 3.8) is 0 Å². The van der Waals surface area contributed by atoms with Crippen LogP contribution in [0.1, 0.15) is 17.0 Å². The first kappa shape index (κ1) is 9.10. The lowest BCUT2D eigenvalue weighted by atomic mass is 9.92. The van der Waals surface area contributed by atoms with E-state index in [1.807, 2.05) is 11.8 Å². The summed E-state index contributed by atoms with van der Waals surface area (Å²) in [5.74, 6) is 1.93. The van der Waals surface area contributed by atoms with Crippen molar-refractivity contribution in [1.82, 2.24) is 5.32 Å². The topological polar surface area (TPSA) is 12.0 Å². The summed E-state index contributed by atoms with van der Waals surface area (Å²) in [6, 6.07) is 8.78. The van der Waals surface area contributed by atoms with Gasteiger partial charge in [-0.05, 0) is 17.4 Å². The highest BCUT2D eigenvalue weighted by atomic mass is 32.2. The van der Waals surface area contributed by atoms with Crippen LogP contribution in [0.25, 0.3) is 0 Å². The molecule has 1 heterocycles. The molecule has 70 valence electrons. The predicted molar refractivity (Wildman–Crippen MR) is 59.3 cm³/mol. The Labute approximate surface area is 83.9 Å². The van der Waals surface area contributed by atoms with Gasteiger partial charge in [0, 0.05) is 24.8 Å². The minimum Gasteiger partial charge on any atom is -0.312 e. The molecular formula is C11H15NS. The molecule has 0 spiro atoms. The molecule has 0 amide bonds. The smallest absolute Gasteiger partial charge is 0.0208 e. The molecule has 1 aliphatic heterocycles. The van der Waals surface area contributed by atoms with Gasteiger partial charge in [0.15, 0.2) is 0 Å². The maximum absolute atomic E-state index is 3.46. The number of hydrogen-bond donors (Lipinski definition) is 1. The molecule has 2 heteroatoms. The maximum atomic E-state index is 3.46. The summed E-state index contributed by atoms with van der Waals surface area (Å²) in [5.41, 5.74) is 3.03. The molecule has 0 bridgehead atoms. The summed E-state index contributed by atoms with van der Waals surface area (Å²) < 4.78 is 0. The van der Waals surface area contributed by atoms with Crippen LogP contribution in [0.4, 0.5) is 0 Å². The number of thioether (sulfide) groups is 1. The summed E-state index contributed by atoms with van der Waals surface area (Å²) in [7, 11) is 0. The second kappa shape index (κ2) is 4.16. The molecule has 0 saturated carbocycles. The van der Waals surface area contributed by atoms with Crippen molar-refractivity contribution in [2.45, 2.75) is 12.5 Å². The first-order valence-electron chi connectivity index (χ1n) is 4.69. The Morgan fingerprint density at radius 2 is 2.31 bits per heavy atom. The fraction of sp³-hybridized carbons (Fsp3) is 0.455. The Balaban J connectivity index is 2.26. The molecule has 1 unspecified atom stereocenters. The lowest BCUT2D eigenvalue weighted by Crippen LogP contribution is -2.29. The molecule has 0 aliphatic carbocycles. The van der Waals surface area contributed by atoms with E-state index in [2.05, 4.69) is 35.8 Å². The van der Waals surface area contributed by atoms with Crippen molar-refractivity contribution in [3.05, 3.63) is 35.4 Å². The third kappa shape index (κ3) is 1.89. The van der Waals surface area contributed by atoms with Crippen molar-refractivity contribution >= 4 is 11.8 Å². The Morgan fingerprint density at radius 3 is 3.15 bits per heavy atom. The van der Waals surface area contributed by atoms with Gasteiger partial charge < -0.3 is 5.32 Å². The highest BCUT2D eigenvalue weighted by Crippen LogP contribution is 2.25. The van der Waals surface area contributed by atoms with Crippen molar-refractivity contribution < 1.29 is 0 Å². The van der Waals surface area contributed by atoms with E-state index >= 15 is 0 Å². The Hall–Kier alpha value is -0.470. The summed E-state index contributed by atoms with van der Waals surface area (Å²) in [4.78, 5) is 0. The maximum Gasteiger partial charge on any atom is 0.0208 e. The first-order valence-corrected chi connectivity index (χ1v) is 6.08. The zero-order valence-electron chi connectivity index (χ0n) is 7.92. The van der Waals surface area contributed by atoms with Gasteiger partial charge in [-0.1, -0.05) is 24.3 Å². The van der Waals surface area contributed by atoms with Crippen molar-refractivity contribution in [2.75, 3.05) is 18.6 Å². The average Bonchev–Trinajstić information content (AvgIpc) is 2.19. The Morgan fingerprint density at radius 1 is 1.46 bits per heavy atom. The van der Waals surface area contributed by atoms with Crippen molar-refractivity contribution in [3.8, 4) is 0 Å². The molecule has 1 aliphatic rings. The standard InChI is InChI=1S/C11H15NS/c1-13-8-10-7-12-6-9-4-2-3-5-11(9)10/h2-5,10,12H,6-8H2,1H3.